The second kappa shape index (κ2) is 15.1. The topological polar surface area (TPSA) is 16.4 Å². The molecule has 0 aliphatic heterocycles. The summed E-state index contributed by atoms with van der Waals surface area (Å²) < 4.78 is 7.24. The third-order valence-corrected chi connectivity index (χ3v) is 11.7. The van der Waals surface area contributed by atoms with E-state index in [1.807, 2.05) is 0 Å². The SMILES string of the molecule is c1ccc(-c2cccc(-c3ccc(N(c4ccc5cccc(-c6ccccc6)c5c4)c4cccc5c4oc4c(-c6ccccc6)ccc(-c6ccccc6)c45)cc3)c2)cc1. The highest BCUT2D eigenvalue weighted by Crippen LogP contribution is 2.48. The minimum atomic E-state index is 0.837. The summed E-state index contributed by atoms with van der Waals surface area (Å²) in [5, 5.41) is 4.56. The van der Waals surface area contributed by atoms with Crippen LogP contribution in [0.15, 0.2) is 241 Å². The molecule has 0 fully saturated rings. The fraction of sp³-hybridized carbons (Fsp3) is 0. The number of hydrogen-bond acceptors (Lipinski definition) is 2. The zero-order valence-corrected chi connectivity index (χ0v) is 32.9. The van der Waals surface area contributed by atoms with Crippen molar-refractivity contribution in [1.82, 2.24) is 0 Å². The predicted molar refractivity (Wildman–Crippen MR) is 253 cm³/mol. The van der Waals surface area contributed by atoms with Crippen molar-refractivity contribution in [2.24, 2.45) is 0 Å². The van der Waals surface area contributed by atoms with Crippen molar-refractivity contribution in [2.75, 3.05) is 4.90 Å². The van der Waals surface area contributed by atoms with Crippen LogP contribution in [0.2, 0.25) is 0 Å². The number of nitrogens with zero attached hydrogens (tertiary/aromatic N) is 1. The van der Waals surface area contributed by atoms with Crippen LogP contribution in [0.5, 0.6) is 0 Å². The second-order valence-electron chi connectivity index (χ2n) is 15.3. The Kier molecular flexibility index (Phi) is 8.87. The molecule has 0 aliphatic rings. The minimum absolute atomic E-state index is 0.837. The van der Waals surface area contributed by atoms with Gasteiger partial charge in [-0.1, -0.05) is 194 Å². The van der Waals surface area contributed by atoms with Crippen molar-refractivity contribution in [1.29, 1.82) is 0 Å². The lowest BCUT2D eigenvalue weighted by Gasteiger charge is -2.26. The van der Waals surface area contributed by atoms with E-state index in [0.717, 1.165) is 66.8 Å². The molecular formula is C58H39NO. The molecule has 0 amide bonds. The van der Waals surface area contributed by atoms with E-state index in [4.69, 9.17) is 4.42 Å². The molecule has 0 saturated carbocycles. The van der Waals surface area contributed by atoms with E-state index in [0.29, 0.717) is 0 Å². The first-order valence-electron chi connectivity index (χ1n) is 20.5. The Morgan fingerprint density at radius 2 is 0.800 bits per heavy atom. The van der Waals surface area contributed by atoms with E-state index in [1.54, 1.807) is 0 Å². The number of fused-ring (bicyclic) bond motifs is 4. The quantitative estimate of drug-likeness (QED) is 0.153. The van der Waals surface area contributed by atoms with Gasteiger partial charge in [0.25, 0.3) is 0 Å². The molecule has 0 spiro atoms. The van der Waals surface area contributed by atoms with Crippen molar-refractivity contribution in [3.8, 4) is 55.6 Å². The maximum atomic E-state index is 7.24. The molecule has 0 saturated heterocycles. The molecule has 0 N–H and O–H groups in total. The lowest BCUT2D eigenvalue weighted by atomic mass is 9.94. The second-order valence-corrected chi connectivity index (χ2v) is 15.3. The van der Waals surface area contributed by atoms with Crippen LogP contribution in [-0.2, 0) is 0 Å². The van der Waals surface area contributed by atoms with Gasteiger partial charge in [0, 0.05) is 27.7 Å². The van der Waals surface area contributed by atoms with Gasteiger partial charge in [0.05, 0.1) is 5.69 Å². The smallest absolute Gasteiger partial charge is 0.159 e. The molecule has 60 heavy (non-hydrogen) atoms. The Morgan fingerprint density at radius 1 is 0.283 bits per heavy atom. The molecule has 0 unspecified atom stereocenters. The Bertz CT molecular complexity index is 3280. The first-order chi connectivity index (χ1) is 29.8. The standard InChI is InChI=1S/C58H39NO/c1-5-16-40(17-6-1)46-25-13-26-47(38-46)41-30-33-48(34-31-41)59(49-35-32-45-24-14-27-50(54(45)39-49)42-18-7-2-8-19-42)55-29-15-28-53-56-51(43-20-9-3-10-21-43)36-37-52(58(56)60-57(53)55)44-22-11-4-12-23-44/h1-39H. The zero-order chi connectivity index (χ0) is 39.8. The van der Waals surface area contributed by atoms with Gasteiger partial charge in [-0.3, -0.25) is 0 Å². The molecule has 11 aromatic rings. The van der Waals surface area contributed by atoms with Crippen LogP contribution < -0.4 is 4.90 Å². The molecule has 0 aliphatic carbocycles. The average molecular weight is 766 g/mol. The van der Waals surface area contributed by atoms with Crippen molar-refractivity contribution in [3.63, 3.8) is 0 Å². The summed E-state index contributed by atoms with van der Waals surface area (Å²) in [6.45, 7) is 0. The molecule has 11 rings (SSSR count). The summed E-state index contributed by atoms with van der Waals surface area (Å²) in [4.78, 5) is 2.36. The highest BCUT2D eigenvalue weighted by molar-refractivity contribution is 6.19. The maximum absolute atomic E-state index is 7.24. The van der Waals surface area contributed by atoms with Crippen LogP contribution in [0.1, 0.15) is 0 Å². The van der Waals surface area contributed by atoms with E-state index < -0.39 is 0 Å². The number of para-hydroxylation sites is 1. The summed E-state index contributed by atoms with van der Waals surface area (Å²) in [5.41, 5.74) is 16.4. The monoisotopic (exact) mass is 765 g/mol. The van der Waals surface area contributed by atoms with Crippen LogP contribution in [0, 0.1) is 0 Å². The first kappa shape index (κ1) is 35.2. The van der Waals surface area contributed by atoms with Gasteiger partial charge in [-0.05, 0) is 103 Å². The highest BCUT2D eigenvalue weighted by atomic mass is 16.3. The Morgan fingerprint density at radius 3 is 1.47 bits per heavy atom. The molecule has 0 radical (unpaired) electrons. The molecular weight excluding hydrogens is 727 g/mol. The molecule has 1 aromatic heterocycles. The number of hydrogen-bond donors (Lipinski definition) is 0. The van der Waals surface area contributed by atoms with Crippen LogP contribution in [0.25, 0.3) is 88.3 Å². The number of benzene rings is 10. The van der Waals surface area contributed by atoms with Crippen LogP contribution in [0.3, 0.4) is 0 Å². The van der Waals surface area contributed by atoms with Crippen LogP contribution in [-0.4, -0.2) is 0 Å². The number of furan rings is 1. The van der Waals surface area contributed by atoms with Gasteiger partial charge in [-0.25, -0.2) is 0 Å². The van der Waals surface area contributed by atoms with E-state index in [9.17, 15) is 0 Å². The van der Waals surface area contributed by atoms with E-state index in [-0.39, 0.29) is 0 Å². The zero-order valence-electron chi connectivity index (χ0n) is 32.9. The summed E-state index contributed by atoms with van der Waals surface area (Å²) in [6, 6.07) is 84.6. The van der Waals surface area contributed by atoms with Gasteiger partial charge < -0.3 is 9.32 Å². The van der Waals surface area contributed by atoms with Gasteiger partial charge in [0.1, 0.15) is 5.58 Å². The van der Waals surface area contributed by atoms with Crippen molar-refractivity contribution in [3.05, 3.63) is 237 Å². The largest absolute Gasteiger partial charge is 0.453 e. The summed E-state index contributed by atoms with van der Waals surface area (Å²) >= 11 is 0. The molecule has 2 heteroatoms. The Hall–Kier alpha value is -7.94. The highest BCUT2D eigenvalue weighted by Gasteiger charge is 2.23. The molecule has 282 valence electrons. The molecule has 0 atom stereocenters. The van der Waals surface area contributed by atoms with E-state index in [2.05, 4.69) is 241 Å². The summed E-state index contributed by atoms with van der Waals surface area (Å²) in [6.07, 6.45) is 0. The van der Waals surface area contributed by atoms with E-state index >= 15 is 0 Å². The summed E-state index contributed by atoms with van der Waals surface area (Å²) in [7, 11) is 0. The maximum Gasteiger partial charge on any atom is 0.159 e. The average Bonchev–Trinajstić information content (AvgIpc) is 3.73. The van der Waals surface area contributed by atoms with Crippen molar-refractivity contribution < 1.29 is 4.42 Å². The predicted octanol–water partition coefficient (Wildman–Crippen LogP) is 16.5. The van der Waals surface area contributed by atoms with Gasteiger partial charge in [0.15, 0.2) is 5.58 Å². The van der Waals surface area contributed by atoms with Gasteiger partial charge in [-0.15, -0.1) is 0 Å². The molecule has 1 heterocycles. The normalized spacial score (nSPS) is 11.3. The number of rotatable bonds is 8. The van der Waals surface area contributed by atoms with Gasteiger partial charge in [0.2, 0.25) is 0 Å². The summed E-state index contributed by atoms with van der Waals surface area (Å²) in [5.74, 6) is 0. The van der Waals surface area contributed by atoms with Gasteiger partial charge in [-0.2, -0.15) is 0 Å². The number of anilines is 3. The third-order valence-electron chi connectivity index (χ3n) is 11.7. The molecule has 0 bridgehead atoms. The third kappa shape index (κ3) is 6.32. The molecule has 2 nitrogen and oxygen atoms in total. The Balaban J connectivity index is 1.14. The lowest BCUT2D eigenvalue weighted by Crippen LogP contribution is -2.10. The van der Waals surface area contributed by atoms with E-state index in [1.165, 1.54) is 38.6 Å². The Labute approximate surface area is 349 Å². The lowest BCUT2D eigenvalue weighted by molar-refractivity contribution is 0.670. The fourth-order valence-corrected chi connectivity index (χ4v) is 8.77. The van der Waals surface area contributed by atoms with Crippen molar-refractivity contribution >= 4 is 49.8 Å². The van der Waals surface area contributed by atoms with Crippen molar-refractivity contribution in [2.45, 2.75) is 0 Å². The van der Waals surface area contributed by atoms with Gasteiger partial charge >= 0.3 is 0 Å². The van der Waals surface area contributed by atoms with Crippen LogP contribution >= 0.6 is 0 Å². The first-order valence-corrected chi connectivity index (χ1v) is 20.5. The molecule has 10 aromatic carbocycles. The van der Waals surface area contributed by atoms with Crippen LogP contribution in [0.4, 0.5) is 17.1 Å². The minimum Gasteiger partial charge on any atom is -0.453 e. The fourth-order valence-electron chi connectivity index (χ4n) is 8.77.